The summed E-state index contributed by atoms with van der Waals surface area (Å²) >= 11 is 0. The van der Waals surface area contributed by atoms with Crippen LogP contribution in [0.1, 0.15) is 10.9 Å². The average molecular weight is 338 g/mol. The van der Waals surface area contributed by atoms with Crippen LogP contribution < -0.4 is 0 Å². The van der Waals surface area contributed by atoms with Gasteiger partial charge in [0.2, 0.25) is 0 Å². The van der Waals surface area contributed by atoms with Crippen molar-refractivity contribution in [3.8, 4) is 0 Å². The lowest BCUT2D eigenvalue weighted by Crippen LogP contribution is -2.46. The predicted octanol–water partition coefficient (Wildman–Crippen LogP) is 6.23. The minimum atomic E-state index is -1.32. The zero-order valence-corrected chi connectivity index (χ0v) is 17.1. The molecule has 0 aliphatic rings. The van der Waals surface area contributed by atoms with Gasteiger partial charge in [0.05, 0.1) is 21.7 Å². The molecular weight excluding hydrogens is 310 g/mol. The zero-order chi connectivity index (χ0) is 16.8. The summed E-state index contributed by atoms with van der Waals surface area (Å²) in [6.45, 7) is 14.9. The third-order valence-electron chi connectivity index (χ3n) is 4.63. The Balaban J connectivity index is 2.28. The van der Waals surface area contributed by atoms with Crippen molar-refractivity contribution in [2.24, 2.45) is 0 Å². The van der Waals surface area contributed by atoms with Gasteiger partial charge in [-0.25, -0.2) is 0 Å². The fraction of sp³-hybridized carbons (Fsp3) is 0.350. The van der Waals surface area contributed by atoms with E-state index in [4.69, 9.17) is 4.98 Å². The molecule has 1 aromatic heterocycles. The maximum Gasteiger partial charge on any atom is 0.0783 e. The van der Waals surface area contributed by atoms with Crippen molar-refractivity contribution in [2.75, 3.05) is 0 Å². The van der Waals surface area contributed by atoms with Crippen LogP contribution >= 0.6 is 0 Å². The van der Waals surface area contributed by atoms with Gasteiger partial charge in [-0.2, -0.15) is 0 Å². The lowest BCUT2D eigenvalue weighted by atomic mass is 10.1. The summed E-state index contributed by atoms with van der Waals surface area (Å²) in [5.74, 6) is 0. The molecule has 1 nitrogen and oxygen atoms in total. The normalized spacial score (nSPS) is 13.2. The third kappa shape index (κ3) is 3.13. The van der Waals surface area contributed by atoms with Crippen LogP contribution in [0, 0.1) is 0 Å². The summed E-state index contributed by atoms with van der Waals surface area (Å²) in [7, 11) is -2.64. The van der Waals surface area contributed by atoms with E-state index < -0.39 is 16.1 Å². The number of nitrogens with zero attached hydrogens (tertiary/aromatic N) is 1. The van der Waals surface area contributed by atoms with Crippen molar-refractivity contribution >= 4 is 37.8 Å². The third-order valence-corrected chi connectivity index (χ3v) is 13.9. The first-order chi connectivity index (χ1) is 10.7. The highest BCUT2D eigenvalue weighted by Gasteiger charge is 2.39. The van der Waals surface area contributed by atoms with Crippen molar-refractivity contribution in [3.05, 3.63) is 54.2 Å². The topological polar surface area (TPSA) is 12.9 Å². The average Bonchev–Trinajstić information content (AvgIpc) is 2.44. The minimum absolute atomic E-state index is 0.679. The van der Waals surface area contributed by atoms with Crippen LogP contribution in [0.3, 0.4) is 0 Å². The highest BCUT2D eigenvalue weighted by molar-refractivity contribution is 6.96. The van der Waals surface area contributed by atoms with Gasteiger partial charge < -0.3 is 0 Å². The van der Waals surface area contributed by atoms with Gasteiger partial charge >= 0.3 is 0 Å². The van der Waals surface area contributed by atoms with Crippen molar-refractivity contribution < 1.29 is 0 Å². The molecule has 23 heavy (non-hydrogen) atoms. The molecule has 0 bridgehead atoms. The molecule has 0 amide bonds. The second-order valence-corrected chi connectivity index (χ2v) is 20.0. The van der Waals surface area contributed by atoms with E-state index in [1.54, 1.807) is 0 Å². The lowest BCUT2D eigenvalue weighted by molar-refractivity contribution is 1.09. The number of rotatable bonds is 3. The first kappa shape index (κ1) is 16.4. The molecular formula is C20H27NSi2. The number of aromatic nitrogens is 1. The Morgan fingerprint density at radius 2 is 1.26 bits per heavy atom. The van der Waals surface area contributed by atoms with E-state index in [9.17, 15) is 0 Å². The Bertz CT molecular complexity index is 843. The molecule has 3 aromatic rings. The van der Waals surface area contributed by atoms with E-state index in [0.29, 0.717) is 5.16 Å². The van der Waals surface area contributed by atoms with Crippen LogP contribution in [0.15, 0.2) is 48.5 Å². The molecule has 1 heterocycles. The van der Waals surface area contributed by atoms with Gasteiger partial charge in [0, 0.05) is 16.5 Å². The molecule has 0 aliphatic carbocycles. The van der Waals surface area contributed by atoms with E-state index >= 15 is 0 Å². The van der Waals surface area contributed by atoms with Crippen molar-refractivity contribution in [2.45, 2.75) is 44.4 Å². The second-order valence-electron chi connectivity index (χ2n) is 8.76. The summed E-state index contributed by atoms with van der Waals surface area (Å²) in [5, 5.41) is 4.48. The van der Waals surface area contributed by atoms with Gasteiger partial charge in [-0.05, 0) is 16.6 Å². The van der Waals surface area contributed by atoms with Crippen LogP contribution in [0.4, 0.5) is 0 Å². The highest BCUT2D eigenvalue weighted by atomic mass is 28.4. The lowest BCUT2D eigenvalue weighted by Gasteiger charge is -2.38. The van der Waals surface area contributed by atoms with Crippen molar-refractivity contribution in [1.29, 1.82) is 0 Å². The first-order valence-electron chi connectivity index (χ1n) is 8.46. The molecule has 120 valence electrons. The standard InChI is InChI=1S/C20H27NSi2/c1-22(2,3)20(23(4,5)6)18-14-13-16-12-11-15-9-7-8-10-17(15)19(16)21-18/h7-14,20H,1-6H3. The molecule has 0 N–H and O–H groups in total. The van der Waals surface area contributed by atoms with E-state index in [0.717, 1.165) is 0 Å². The molecule has 3 rings (SSSR count). The van der Waals surface area contributed by atoms with Crippen molar-refractivity contribution in [1.82, 2.24) is 4.98 Å². The van der Waals surface area contributed by atoms with Gasteiger partial charge in [0.25, 0.3) is 0 Å². The van der Waals surface area contributed by atoms with Crippen LogP contribution in [0.2, 0.25) is 39.3 Å². The number of fused-ring (bicyclic) bond motifs is 3. The fourth-order valence-electron chi connectivity index (χ4n) is 4.22. The Morgan fingerprint density at radius 1 is 0.696 bits per heavy atom. The van der Waals surface area contributed by atoms with Crippen LogP contribution in [-0.4, -0.2) is 21.1 Å². The molecule has 2 aromatic carbocycles. The molecule has 0 radical (unpaired) electrons. The monoisotopic (exact) mass is 337 g/mol. The number of hydrogen-bond donors (Lipinski definition) is 0. The Labute approximate surface area is 141 Å². The van der Waals surface area contributed by atoms with Crippen molar-refractivity contribution in [3.63, 3.8) is 0 Å². The molecule has 0 spiro atoms. The van der Waals surface area contributed by atoms with Gasteiger partial charge in [-0.3, -0.25) is 4.98 Å². The number of pyridine rings is 1. The maximum absolute atomic E-state index is 5.21. The summed E-state index contributed by atoms with van der Waals surface area (Å²) in [5.41, 5.74) is 2.49. The van der Waals surface area contributed by atoms with Crippen LogP contribution in [0.5, 0.6) is 0 Å². The molecule has 0 atom stereocenters. The summed E-state index contributed by atoms with van der Waals surface area (Å²) in [6.07, 6.45) is 0. The Morgan fingerprint density at radius 3 is 1.91 bits per heavy atom. The first-order valence-corrected chi connectivity index (χ1v) is 15.6. The molecule has 0 unspecified atom stereocenters. The molecule has 0 aliphatic heterocycles. The molecule has 0 saturated carbocycles. The Hall–Kier alpha value is -1.46. The smallest absolute Gasteiger partial charge is 0.0783 e. The largest absolute Gasteiger partial charge is 0.253 e. The summed E-state index contributed by atoms with van der Waals surface area (Å²) in [4.78, 5) is 5.21. The van der Waals surface area contributed by atoms with E-state index in [1.807, 2.05) is 0 Å². The minimum Gasteiger partial charge on any atom is -0.253 e. The van der Waals surface area contributed by atoms with Gasteiger partial charge in [-0.15, -0.1) is 0 Å². The second kappa shape index (κ2) is 5.57. The number of benzene rings is 2. The van der Waals surface area contributed by atoms with E-state index in [2.05, 4.69) is 87.8 Å². The Kier molecular flexibility index (Phi) is 3.97. The fourth-order valence-corrected chi connectivity index (χ4v) is 16.7. The van der Waals surface area contributed by atoms with Gasteiger partial charge in [0.15, 0.2) is 0 Å². The molecule has 0 fully saturated rings. The summed E-state index contributed by atoms with van der Waals surface area (Å²) in [6, 6.07) is 17.6. The highest BCUT2D eigenvalue weighted by Crippen LogP contribution is 2.36. The zero-order valence-electron chi connectivity index (χ0n) is 15.1. The summed E-state index contributed by atoms with van der Waals surface area (Å²) < 4.78 is 0. The predicted molar refractivity (Wildman–Crippen MR) is 109 cm³/mol. The van der Waals surface area contributed by atoms with Crippen LogP contribution in [0.25, 0.3) is 21.7 Å². The molecule has 3 heteroatoms. The maximum atomic E-state index is 5.21. The SMILES string of the molecule is C[Si](C)(C)C(c1ccc2ccc3ccccc3c2n1)[Si](C)(C)C. The van der Waals surface area contributed by atoms with E-state index in [1.165, 1.54) is 27.4 Å². The van der Waals surface area contributed by atoms with Crippen LogP contribution in [-0.2, 0) is 0 Å². The molecule has 0 saturated heterocycles. The quantitative estimate of drug-likeness (QED) is 0.408. The van der Waals surface area contributed by atoms with E-state index in [-0.39, 0.29) is 0 Å². The van der Waals surface area contributed by atoms with Gasteiger partial charge in [0.1, 0.15) is 0 Å². The van der Waals surface area contributed by atoms with Gasteiger partial charge in [-0.1, -0.05) is 81.7 Å². The number of hydrogen-bond acceptors (Lipinski definition) is 1.